The summed E-state index contributed by atoms with van der Waals surface area (Å²) in [7, 11) is 0. The first kappa shape index (κ1) is 21.8. The minimum Gasteiger partial charge on any atom is -0.452 e. The van der Waals surface area contributed by atoms with Gasteiger partial charge in [-0.25, -0.2) is 9.59 Å². The van der Waals surface area contributed by atoms with Crippen molar-refractivity contribution in [3.8, 4) is 0 Å². The fraction of sp³-hybridized carbons (Fsp3) is 0.545. The smallest absolute Gasteiger partial charge is 0.338 e. The molecule has 2 fully saturated rings. The molecule has 1 aromatic rings. The molecular weight excluding hydrogens is 388 g/mol. The maximum atomic E-state index is 12.2. The van der Waals surface area contributed by atoms with Crippen LogP contribution in [0.1, 0.15) is 60.2 Å². The van der Waals surface area contributed by atoms with Crippen LogP contribution in [-0.2, 0) is 19.1 Å². The SMILES string of the molecule is C[C@@H](NC(=O)COC(=O)c1cccc(C(=O)OCC(=O)N[C@H](C)C2CC2)c1)C1CC1. The number of ether oxygens (including phenoxy) is 2. The lowest BCUT2D eigenvalue weighted by molar-refractivity contribution is -0.125. The first-order valence-corrected chi connectivity index (χ1v) is 10.4. The summed E-state index contributed by atoms with van der Waals surface area (Å²) >= 11 is 0. The molecule has 2 N–H and O–H groups in total. The largest absolute Gasteiger partial charge is 0.452 e. The van der Waals surface area contributed by atoms with Crippen LogP contribution < -0.4 is 10.6 Å². The average Bonchev–Trinajstić information content (AvgIpc) is 3.62. The van der Waals surface area contributed by atoms with Crippen LogP contribution >= 0.6 is 0 Å². The molecule has 3 rings (SSSR count). The zero-order valence-electron chi connectivity index (χ0n) is 17.3. The van der Waals surface area contributed by atoms with Gasteiger partial charge in [0, 0.05) is 12.1 Å². The quantitative estimate of drug-likeness (QED) is 0.563. The third-order valence-corrected chi connectivity index (χ3v) is 5.44. The van der Waals surface area contributed by atoms with Gasteiger partial charge in [0.05, 0.1) is 11.1 Å². The van der Waals surface area contributed by atoms with E-state index in [1.807, 2.05) is 13.8 Å². The Morgan fingerprint density at radius 3 is 1.60 bits per heavy atom. The minimum absolute atomic E-state index is 0.0683. The third kappa shape index (κ3) is 6.57. The summed E-state index contributed by atoms with van der Waals surface area (Å²) in [5.74, 6) is -1.13. The van der Waals surface area contributed by atoms with E-state index in [0.717, 1.165) is 25.7 Å². The topological polar surface area (TPSA) is 111 Å². The second-order valence-electron chi connectivity index (χ2n) is 8.12. The van der Waals surface area contributed by atoms with Gasteiger partial charge in [0.15, 0.2) is 13.2 Å². The van der Waals surface area contributed by atoms with E-state index >= 15 is 0 Å². The van der Waals surface area contributed by atoms with Crippen molar-refractivity contribution in [2.75, 3.05) is 13.2 Å². The maximum Gasteiger partial charge on any atom is 0.338 e. The van der Waals surface area contributed by atoms with Gasteiger partial charge in [0.1, 0.15) is 0 Å². The summed E-state index contributed by atoms with van der Waals surface area (Å²) in [5.41, 5.74) is 0.249. The highest BCUT2D eigenvalue weighted by Crippen LogP contribution is 2.32. The second kappa shape index (κ2) is 9.73. The van der Waals surface area contributed by atoms with Crippen LogP contribution in [0.25, 0.3) is 0 Å². The van der Waals surface area contributed by atoms with Crippen LogP contribution in [-0.4, -0.2) is 49.1 Å². The zero-order chi connectivity index (χ0) is 21.7. The highest BCUT2D eigenvalue weighted by atomic mass is 16.5. The fourth-order valence-electron chi connectivity index (χ4n) is 3.22. The molecule has 0 unspecified atom stereocenters. The zero-order valence-corrected chi connectivity index (χ0v) is 17.3. The van der Waals surface area contributed by atoms with Crippen molar-refractivity contribution in [3.05, 3.63) is 35.4 Å². The Labute approximate surface area is 175 Å². The molecule has 2 aliphatic rings. The van der Waals surface area contributed by atoms with E-state index in [9.17, 15) is 19.2 Å². The molecule has 2 amide bonds. The van der Waals surface area contributed by atoms with Crippen molar-refractivity contribution in [2.24, 2.45) is 11.8 Å². The molecule has 0 saturated heterocycles. The number of amides is 2. The van der Waals surface area contributed by atoms with Crippen LogP contribution in [0, 0.1) is 11.8 Å². The van der Waals surface area contributed by atoms with Crippen LogP contribution in [0.4, 0.5) is 0 Å². The van der Waals surface area contributed by atoms with E-state index in [1.54, 1.807) is 0 Å². The predicted molar refractivity (Wildman–Crippen MR) is 108 cm³/mol. The van der Waals surface area contributed by atoms with Gasteiger partial charge in [0.2, 0.25) is 0 Å². The van der Waals surface area contributed by atoms with Gasteiger partial charge in [-0.2, -0.15) is 0 Å². The van der Waals surface area contributed by atoms with Crippen molar-refractivity contribution in [1.82, 2.24) is 10.6 Å². The lowest BCUT2D eigenvalue weighted by atomic mass is 10.1. The van der Waals surface area contributed by atoms with E-state index in [4.69, 9.17) is 9.47 Å². The molecule has 0 aliphatic heterocycles. The van der Waals surface area contributed by atoms with Gasteiger partial charge in [-0.3, -0.25) is 9.59 Å². The van der Waals surface area contributed by atoms with Gasteiger partial charge >= 0.3 is 11.9 Å². The lowest BCUT2D eigenvalue weighted by Crippen LogP contribution is -2.37. The lowest BCUT2D eigenvalue weighted by Gasteiger charge is -2.13. The molecule has 162 valence electrons. The highest BCUT2D eigenvalue weighted by molar-refractivity contribution is 5.96. The number of carbonyl (C=O) groups is 4. The van der Waals surface area contributed by atoms with Crippen LogP contribution in [0.15, 0.2) is 24.3 Å². The monoisotopic (exact) mass is 416 g/mol. The molecule has 8 nitrogen and oxygen atoms in total. The molecule has 0 aromatic heterocycles. The van der Waals surface area contributed by atoms with Crippen LogP contribution in [0.3, 0.4) is 0 Å². The number of benzene rings is 1. The molecule has 0 radical (unpaired) electrons. The van der Waals surface area contributed by atoms with Crippen molar-refractivity contribution >= 4 is 23.8 Å². The maximum absolute atomic E-state index is 12.2. The molecule has 2 aliphatic carbocycles. The molecule has 2 saturated carbocycles. The van der Waals surface area contributed by atoms with Crippen molar-refractivity contribution in [2.45, 2.75) is 51.6 Å². The van der Waals surface area contributed by atoms with Gasteiger partial charge in [-0.1, -0.05) is 6.07 Å². The third-order valence-electron chi connectivity index (χ3n) is 5.44. The summed E-state index contributed by atoms with van der Waals surface area (Å²) in [4.78, 5) is 48.1. The summed E-state index contributed by atoms with van der Waals surface area (Å²) < 4.78 is 10.1. The Morgan fingerprint density at radius 2 is 1.23 bits per heavy atom. The van der Waals surface area contributed by atoms with Gasteiger partial charge < -0.3 is 20.1 Å². The van der Waals surface area contributed by atoms with Crippen molar-refractivity contribution in [3.63, 3.8) is 0 Å². The van der Waals surface area contributed by atoms with E-state index in [1.165, 1.54) is 24.3 Å². The number of hydrogen-bond acceptors (Lipinski definition) is 6. The van der Waals surface area contributed by atoms with Crippen LogP contribution in [0.5, 0.6) is 0 Å². The summed E-state index contributed by atoms with van der Waals surface area (Å²) in [6, 6.07) is 5.93. The Hall–Kier alpha value is -2.90. The van der Waals surface area contributed by atoms with Crippen molar-refractivity contribution in [1.29, 1.82) is 0 Å². The predicted octanol–water partition coefficient (Wildman–Crippen LogP) is 1.83. The summed E-state index contributed by atoms with van der Waals surface area (Å²) in [6.07, 6.45) is 4.41. The fourth-order valence-corrected chi connectivity index (χ4v) is 3.22. The number of nitrogens with one attached hydrogen (secondary N) is 2. The standard InChI is InChI=1S/C22H28N2O6/c1-13(15-6-7-15)23-19(25)11-29-21(27)17-4-3-5-18(10-17)22(28)30-12-20(26)24-14(2)16-8-9-16/h3-5,10,13-16H,6-9,11-12H2,1-2H3,(H,23,25)(H,24,26)/t13-,14-/m1/s1. The average molecular weight is 416 g/mol. The number of hydrogen-bond donors (Lipinski definition) is 2. The Balaban J connectivity index is 1.44. The summed E-state index contributed by atoms with van der Waals surface area (Å²) in [6.45, 7) is 3.09. The first-order chi connectivity index (χ1) is 14.3. The number of esters is 2. The minimum atomic E-state index is -0.713. The number of rotatable bonds is 10. The van der Waals surface area contributed by atoms with E-state index in [-0.39, 0.29) is 48.2 Å². The van der Waals surface area contributed by atoms with Gasteiger partial charge in [-0.05, 0) is 69.6 Å². The Morgan fingerprint density at radius 1 is 0.833 bits per heavy atom. The Bertz CT molecular complexity index is 752. The van der Waals surface area contributed by atoms with Crippen molar-refractivity contribution < 1.29 is 28.7 Å². The molecule has 30 heavy (non-hydrogen) atoms. The molecule has 1 aromatic carbocycles. The molecule has 0 heterocycles. The highest BCUT2D eigenvalue weighted by Gasteiger charge is 2.30. The van der Waals surface area contributed by atoms with Gasteiger partial charge in [-0.15, -0.1) is 0 Å². The second-order valence-corrected chi connectivity index (χ2v) is 8.12. The number of carbonyl (C=O) groups excluding carboxylic acids is 4. The van der Waals surface area contributed by atoms with Gasteiger partial charge in [0.25, 0.3) is 11.8 Å². The molecular formula is C22H28N2O6. The van der Waals surface area contributed by atoms with Crippen LogP contribution in [0.2, 0.25) is 0 Å². The van der Waals surface area contributed by atoms with E-state index in [2.05, 4.69) is 10.6 Å². The normalized spacial score (nSPS) is 17.4. The first-order valence-electron chi connectivity index (χ1n) is 10.4. The molecule has 0 spiro atoms. The summed E-state index contributed by atoms with van der Waals surface area (Å²) in [5, 5.41) is 5.60. The molecule has 2 atom stereocenters. The van der Waals surface area contributed by atoms with E-state index < -0.39 is 11.9 Å². The van der Waals surface area contributed by atoms with E-state index in [0.29, 0.717) is 11.8 Å². The molecule has 0 bridgehead atoms. The molecule has 8 heteroatoms. The Kier molecular flexibility index (Phi) is 7.07.